The molecule has 394 valence electrons. The zero-order valence-electron chi connectivity index (χ0n) is 32.9. The van der Waals surface area contributed by atoms with Gasteiger partial charge in [0.25, 0.3) is 11.8 Å². The molecular weight excluding hydrogens is 1010 g/mol. The quantitative estimate of drug-likeness (QED) is 0.0342. The Morgan fingerprint density at radius 3 is 0.788 bits per heavy atom. The van der Waals surface area contributed by atoms with Crippen LogP contribution in [0, 0.1) is 0 Å². The van der Waals surface area contributed by atoms with Gasteiger partial charge in [0.2, 0.25) is 0 Å². The molecule has 0 rings (SSSR count). The lowest BCUT2D eigenvalue weighted by Gasteiger charge is -2.28. The molecule has 0 unspecified atom stereocenters. The average molecular weight is 1040 g/mol. The Balaban J connectivity index is 4.74. The van der Waals surface area contributed by atoms with E-state index in [9.17, 15) is 115 Å². The second-order valence-corrected chi connectivity index (χ2v) is 13.1. The maximum Gasteiger partial charge on any atom is 0.383 e. The van der Waals surface area contributed by atoms with Gasteiger partial charge in [0.15, 0.2) is 0 Å². The molecule has 0 aromatic carbocycles. The summed E-state index contributed by atoms with van der Waals surface area (Å²) in [6.07, 6.45) is -56.5. The number of methoxy groups -OCH3 is 2. The summed E-state index contributed by atoms with van der Waals surface area (Å²) in [5.74, 6) is -25.6. The van der Waals surface area contributed by atoms with Crippen LogP contribution >= 0.6 is 0 Å². The molecule has 66 heavy (non-hydrogen) atoms. The molecule has 0 saturated heterocycles. The van der Waals surface area contributed by atoms with E-state index in [0.29, 0.717) is 14.2 Å². The van der Waals surface area contributed by atoms with E-state index >= 15 is 0 Å². The molecule has 0 radical (unpaired) electrons. The van der Waals surface area contributed by atoms with Gasteiger partial charge < -0.3 is 28.4 Å². The van der Waals surface area contributed by atoms with Crippen LogP contribution in [0.1, 0.15) is 38.5 Å². The van der Waals surface area contributed by atoms with E-state index < -0.39 is 176 Å². The Morgan fingerprint density at radius 2 is 0.545 bits per heavy atom. The molecular formula is C30H34F24O12. The van der Waals surface area contributed by atoms with Crippen LogP contribution in [-0.2, 0) is 57.0 Å². The molecule has 0 spiro atoms. The Bertz CT molecular complexity index is 1390. The number of hydrogen-bond donors (Lipinski definition) is 0. The highest BCUT2D eigenvalue weighted by molar-refractivity contribution is 5.77. The van der Waals surface area contributed by atoms with Crippen LogP contribution in [0.15, 0.2) is 0 Å². The molecule has 0 aromatic rings. The summed E-state index contributed by atoms with van der Waals surface area (Å²) in [4.78, 5) is 21.5. The zero-order valence-corrected chi connectivity index (χ0v) is 32.9. The highest BCUT2D eigenvalue weighted by Gasteiger charge is 2.58. The van der Waals surface area contributed by atoms with E-state index in [0.717, 1.165) is 0 Å². The minimum absolute atomic E-state index is 0.307. The number of halogens is 24. The Morgan fingerprint density at radius 1 is 0.318 bits per heavy atom. The summed E-state index contributed by atoms with van der Waals surface area (Å²) in [7, 11) is 0.613. The molecule has 0 aliphatic rings. The predicted molar refractivity (Wildman–Crippen MR) is 159 cm³/mol. The van der Waals surface area contributed by atoms with Crippen LogP contribution in [0.3, 0.4) is 0 Å². The van der Waals surface area contributed by atoms with Crippen molar-refractivity contribution in [2.24, 2.45) is 0 Å². The summed E-state index contributed by atoms with van der Waals surface area (Å²) in [6, 6.07) is 0. The van der Waals surface area contributed by atoms with Crippen LogP contribution in [-0.4, -0.2) is 152 Å². The van der Waals surface area contributed by atoms with Crippen molar-refractivity contribution in [3.63, 3.8) is 0 Å². The molecule has 0 aliphatic carbocycles. The van der Waals surface area contributed by atoms with E-state index in [1.165, 1.54) is 0 Å². The van der Waals surface area contributed by atoms with Crippen molar-refractivity contribution < 1.29 is 162 Å². The van der Waals surface area contributed by atoms with Gasteiger partial charge >= 0.3 is 72.7 Å². The molecule has 0 heterocycles. The van der Waals surface area contributed by atoms with Crippen molar-refractivity contribution in [3.8, 4) is 0 Å². The molecule has 0 aliphatic heterocycles. The maximum atomic E-state index is 13.8. The number of alkyl halides is 24. The highest BCUT2D eigenvalue weighted by Crippen LogP contribution is 2.41. The molecule has 0 N–H and O–H groups in total. The Kier molecular flexibility index (Phi) is 22.4. The Labute approximate surface area is 353 Å². The van der Waals surface area contributed by atoms with Crippen molar-refractivity contribution in [1.29, 1.82) is 0 Å². The predicted octanol–water partition coefficient (Wildman–Crippen LogP) is 9.09. The normalized spacial score (nSPS) is 14.8. The minimum atomic E-state index is -5.55. The molecule has 0 bridgehead atoms. The van der Waals surface area contributed by atoms with E-state index in [4.69, 9.17) is 0 Å². The van der Waals surface area contributed by atoms with Crippen molar-refractivity contribution in [2.45, 2.75) is 111 Å². The zero-order chi connectivity index (χ0) is 52.1. The van der Waals surface area contributed by atoms with E-state index in [1.807, 2.05) is 0 Å². The first-order chi connectivity index (χ1) is 29.2. The van der Waals surface area contributed by atoms with Gasteiger partial charge in [-0.3, -0.25) is 18.9 Å². The summed E-state index contributed by atoms with van der Waals surface area (Å²) in [5, 5.41) is 0. The van der Waals surface area contributed by atoms with E-state index in [1.54, 1.807) is 0 Å². The van der Waals surface area contributed by atoms with Crippen LogP contribution in [0.2, 0.25) is 0 Å². The fraction of sp³-hybridized carbons (Fsp3) is 0.933. The molecule has 0 atom stereocenters. The van der Waals surface area contributed by atoms with Crippen LogP contribution < -0.4 is 0 Å². The fourth-order valence-corrected chi connectivity index (χ4v) is 4.23. The topological polar surface area (TPSA) is 126 Å². The van der Waals surface area contributed by atoms with E-state index in [2.05, 4.69) is 47.4 Å². The van der Waals surface area contributed by atoms with Gasteiger partial charge in [-0.15, -0.1) is 0 Å². The minimum Gasteiger partial charge on any atom is -0.465 e. The first-order valence-corrected chi connectivity index (χ1v) is 17.1. The number of unbranched alkanes of at least 4 members (excludes halogenated alkanes) is 1. The average Bonchev–Trinajstić information content (AvgIpc) is 3.03. The highest BCUT2D eigenvalue weighted by atomic mass is 19.3. The number of rotatable bonds is 35. The number of hydrogen-bond acceptors (Lipinski definition) is 12. The van der Waals surface area contributed by atoms with Crippen LogP contribution in [0.25, 0.3) is 0 Å². The van der Waals surface area contributed by atoms with Gasteiger partial charge in [-0.1, -0.05) is 0 Å². The molecule has 0 fully saturated rings. The first-order valence-electron chi connectivity index (χ1n) is 17.1. The van der Waals surface area contributed by atoms with E-state index in [-0.39, 0.29) is 0 Å². The second kappa shape index (κ2) is 23.5. The van der Waals surface area contributed by atoms with Gasteiger partial charge in [-0.2, -0.15) is 87.8 Å². The van der Waals surface area contributed by atoms with Crippen molar-refractivity contribution in [1.82, 2.24) is 0 Å². The third-order valence-corrected chi connectivity index (χ3v) is 6.48. The summed E-state index contributed by atoms with van der Waals surface area (Å²) >= 11 is 0. The molecule has 0 aromatic heterocycles. The number of ether oxygens (including phenoxy) is 10. The Hall–Kier alpha value is -3.06. The number of esters is 2. The van der Waals surface area contributed by atoms with Crippen molar-refractivity contribution >= 4 is 11.9 Å². The molecule has 0 saturated carbocycles. The first kappa shape index (κ1) is 62.9. The summed E-state index contributed by atoms with van der Waals surface area (Å²) < 4.78 is 361. The van der Waals surface area contributed by atoms with Crippen LogP contribution in [0.5, 0.6) is 0 Å². The lowest BCUT2D eigenvalue weighted by atomic mass is 10.2. The summed E-state index contributed by atoms with van der Waals surface area (Å²) in [6.45, 7) is -16.5. The van der Waals surface area contributed by atoms with Gasteiger partial charge in [-0.05, 0) is 12.8 Å². The van der Waals surface area contributed by atoms with Crippen LogP contribution in [0.4, 0.5) is 105 Å². The third-order valence-electron chi connectivity index (χ3n) is 6.48. The van der Waals surface area contributed by atoms with Gasteiger partial charge in [0, 0.05) is 13.2 Å². The molecule has 0 amide bonds. The maximum absolute atomic E-state index is 13.8. The largest absolute Gasteiger partial charge is 0.465 e. The second-order valence-electron chi connectivity index (χ2n) is 13.1. The fourth-order valence-electron chi connectivity index (χ4n) is 4.23. The SMILES string of the molecule is COC(=O)C(F)(F)CC(F)(F)OC(F)(F)COCC(F)(F)CC(F)(F)OC(F)(F)COCCCCOCC(F)(F)OC(F)(F)CC(F)(F)COCC(F)(F)OC(F)(F)CC(F)(F)C(=O)OC. The third kappa shape index (κ3) is 27.1. The number of carbonyl (C=O) groups is 2. The van der Waals surface area contributed by atoms with Gasteiger partial charge in [-0.25, -0.2) is 27.2 Å². The van der Waals surface area contributed by atoms with Crippen molar-refractivity contribution in [3.05, 3.63) is 0 Å². The smallest absolute Gasteiger partial charge is 0.383 e. The monoisotopic (exact) mass is 1040 g/mol. The number of carbonyl (C=O) groups excluding carboxylic acids is 2. The molecule has 12 nitrogen and oxygen atoms in total. The lowest BCUT2D eigenvalue weighted by Crippen LogP contribution is -2.44. The standard InChI is InChI=1S/C30H34F24O12/c1-57-17(55)21(35,36)9-25(43,44)65-29(51,52)15-61-11-19(31,32)7-23(39,40)63-27(47,48)13-59-5-3-4-6-60-14-28(49,50)64-24(41,42)8-20(33,34)12-62-16-30(53,54)66-26(45,46)10-22(37,38)18(56)58-2/h3-16H2,1-2H3. The van der Waals surface area contributed by atoms with Gasteiger partial charge in [0.1, 0.15) is 65.3 Å². The lowest BCUT2D eigenvalue weighted by molar-refractivity contribution is -0.403. The van der Waals surface area contributed by atoms with Crippen molar-refractivity contribution in [2.75, 3.05) is 67.1 Å². The molecule has 36 heteroatoms. The summed E-state index contributed by atoms with van der Waals surface area (Å²) in [5.41, 5.74) is 0. The van der Waals surface area contributed by atoms with Gasteiger partial charge in [0.05, 0.1) is 14.2 Å².